The molecule has 0 spiro atoms. The smallest absolute Gasteiger partial charge is 0.407 e. The molecular weight excluding hydrogens is 448 g/mol. The number of carbonyl (C=O) groups is 3. The third-order valence-corrected chi connectivity index (χ3v) is 7.43. The molecule has 1 saturated carbocycles. The van der Waals surface area contributed by atoms with Crippen LogP contribution in [-0.2, 0) is 19.1 Å². The van der Waals surface area contributed by atoms with Crippen molar-refractivity contribution in [3.05, 3.63) is 59.7 Å². The Morgan fingerprint density at radius 1 is 1.06 bits per heavy atom. The molecule has 1 saturated heterocycles. The normalized spacial score (nSPS) is 20.3. The van der Waals surface area contributed by atoms with Crippen LogP contribution in [-0.4, -0.2) is 66.4 Å². The van der Waals surface area contributed by atoms with Gasteiger partial charge in [-0.15, -0.1) is 0 Å². The minimum Gasteiger partial charge on any atom is -0.481 e. The molecule has 8 nitrogen and oxygen atoms in total. The van der Waals surface area contributed by atoms with Crippen LogP contribution in [0.5, 0.6) is 0 Å². The standard InChI is InChI=1S/C27H30N2O6/c30-24(31)14-18-15-34-13-12-29(18)26(32)25(17-6-5-7-17)28-27(33)35-16-23-21-10-3-1-8-19(21)20-9-2-4-11-22(20)23/h1-4,8-11,17-18,23,25H,5-7,12-16H2,(H,28,33)(H,30,31). The summed E-state index contributed by atoms with van der Waals surface area (Å²) in [6.07, 6.45) is 1.87. The van der Waals surface area contributed by atoms with Crippen LogP contribution in [0.2, 0.25) is 0 Å². The van der Waals surface area contributed by atoms with Crippen LogP contribution in [0.25, 0.3) is 11.1 Å². The van der Waals surface area contributed by atoms with Crippen LogP contribution in [0.4, 0.5) is 4.79 Å². The van der Waals surface area contributed by atoms with E-state index >= 15 is 0 Å². The van der Waals surface area contributed by atoms with Crippen molar-refractivity contribution in [3.63, 3.8) is 0 Å². The molecular formula is C27H30N2O6. The zero-order chi connectivity index (χ0) is 24.4. The van der Waals surface area contributed by atoms with Crippen LogP contribution in [0.15, 0.2) is 48.5 Å². The topological polar surface area (TPSA) is 105 Å². The number of carboxylic acid groups (broad SMARTS) is 1. The molecule has 1 heterocycles. The van der Waals surface area contributed by atoms with Crippen molar-refractivity contribution in [1.82, 2.24) is 10.2 Å². The van der Waals surface area contributed by atoms with Gasteiger partial charge in [0.2, 0.25) is 5.91 Å². The Hall–Kier alpha value is -3.39. The summed E-state index contributed by atoms with van der Waals surface area (Å²) in [7, 11) is 0. The first kappa shape index (κ1) is 23.4. The molecule has 2 N–H and O–H groups in total. The lowest BCUT2D eigenvalue weighted by Crippen LogP contribution is -2.59. The molecule has 2 aliphatic carbocycles. The van der Waals surface area contributed by atoms with E-state index in [0.717, 1.165) is 41.5 Å². The molecule has 2 aromatic carbocycles. The summed E-state index contributed by atoms with van der Waals surface area (Å²) in [6, 6.07) is 15.0. The second-order valence-corrected chi connectivity index (χ2v) is 9.50. The molecule has 2 aromatic rings. The fraction of sp³-hybridized carbons (Fsp3) is 0.444. The number of aliphatic carboxylic acids is 1. The number of ether oxygens (including phenoxy) is 2. The molecule has 1 aliphatic heterocycles. The Bertz CT molecular complexity index is 1070. The van der Waals surface area contributed by atoms with Gasteiger partial charge in [0.1, 0.15) is 12.6 Å². The van der Waals surface area contributed by atoms with Gasteiger partial charge in [-0.05, 0) is 41.0 Å². The summed E-state index contributed by atoms with van der Waals surface area (Å²) in [5.74, 6) is -1.28. The largest absolute Gasteiger partial charge is 0.481 e. The molecule has 0 radical (unpaired) electrons. The predicted molar refractivity (Wildman–Crippen MR) is 128 cm³/mol. The Kier molecular flexibility index (Phi) is 6.72. The fourth-order valence-electron chi connectivity index (χ4n) is 5.42. The minimum absolute atomic E-state index is 0.0244. The third kappa shape index (κ3) is 4.75. The predicted octanol–water partition coefficient (Wildman–Crippen LogP) is 3.40. The number of carboxylic acids is 1. The maximum absolute atomic E-state index is 13.5. The van der Waals surface area contributed by atoms with Crippen molar-refractivity contribution in [1.29, 1.82) is 0 Å². The van der Waals surface area contributed by atoms with Crippen LogP contribution in [0.3, 0.4) is 0 Å². The van der Waals surface area contributed by atoms with E-state index in [2.05, 4.69) is 29.6 Å². The lowest BCUT2D eigenvalue weighted by molar-refractivity contribution is -0.149. The first-order chi connectivity index (χ1) is 17.0. The van der Waals surface area contributed by atoms with Crippen LogP contribution in [0, 0.1) is 5.92 Å². The number of alkyl carbamates (subject to hydrolysis) is 1. The third-order valence-electron chi connectivity index (χ3n) is 7.43. The van der Waals surface area contributed by atoms with Gasteiger partial charge in [0.05, 0.1) is 25.7 Å². The Morgan fingerprint density at radius 3 is 2.31 bits per heavy atom. The summed E-state index contributed by atoms with van der Waals surface area (Å²) in [5.41, 5.74) is 4.55. The average molecular weight is 479 g/mol. The van der Waals surface area contributed by atoms with Gasteiger partial charge < -0.3 is 24.8 Å². The highest BCUT2D eigenvalue weighted by Gasteiger charge is 2.40. The van der Waals surface area contributed by atoms with Gasteiger partial charge in [0.15, 0.2) is 0 Å². The first-order valence-corrected chi connectivity index (χ1v) is 12.2. The average Bonchev–Trinajstić information content (AvgIpc) is 3.14. The van der Waals surface area contributed by atoms with Gasteiger partial charge >= 0.3 is 12.1 Å². The van der Waals surface area contributed by atoms with E-state index in [4.69, 9.17) is 9.47 Å². The Labute approximate surface area is 204 Å². The van der Waals surface area contributed by atoms with E-state index < -0.39 is 24.1 Å². The lowest BCUT2D eigenvalue weighted by atomic mass is 9.79. The molecule has 2 fully saturated rings. The number of morpholine rings is 1. The molecule has 3 aliphatic rings. The Morgan fingerprint density at radius 2 is 1.71 bits per heavy atom. The first-order valence-electron chi connectivity index (χ1n) is 12.2. The summed E-state index contributed by atoms with van der Waals surface area (Å²) in [4.78, 5) is 39.2. The lowest BCUT2D eigenvalue weighted by Gasteiger charge is -2.40. The van der Waals surface area contributed by atoms with E-state index in [1.165, 1.54) is 0 Å². The number of rotatable bonds is 7. The van der Waals surface area contributed by atoms with Crippen molar-refractivity contribution in [3.8, 4) is 11.1 Å². The van der Waals surface area contributed by atoms with Gasteiger partial charge in [0, 0.05) is 12.5 Å². The zero-order valence-electron chi connectivity index (χ0n) is 19.5. The molecule has 2 amide bonds. The van der Waals surface area contributed by atoms with Crippen LogP contribution in [0.1, 0.15) is 42.7 Å². The highest BCUT2D eigenvalue weighted by atomic mass is 16.5. The summed E-state index contributed by atoms with van der Waals surface area (Å²) < 4.78 is 11.1. The molecule has 0 bridgehead atoms. The van der Waals surface area contributed by atoms with E-state index in [0.29, 0.717) is 13.2 Å². The number of nitrogens with zero attached hydrogens (tertiary/aromatic N) is 1. The number of nitrogens with one attached hydrogen (secondary N) is 1. The molecule has 35 heavy (non-hydrogen) atoms. The van der Waals surface area contributed by atoms with E-state index in [-0.39, 0.29) is 37.4 Å². The molecule has 2 atom stereocenters. The van der Waals surface area contributed by atoms with Crippen molar-refractivity contribution in [2.75, 3.05) is 26.4 Å². The van der Waals surface area contributed by atoms with Gasteiger partial charge in [0.25, 0.3) is 0 Å². The molecule has 0 aromatic heterocycles. The van der Waals surface area contributed by atoms with Crippen molar-refractivity contribution < 1.29 is 29.0 Å². The maximum atomic E-state index is 13.5. The molecule has 184 valence electrons. The summed E-state index contributed by atoms with van der Waals surface area (Å²) >= 11 is 0. The van der Waals surface area contributed by atoms with E-state index in [1.807, 2.05) is 24.3 Å². The molecule has 5 rings (SSSR count). The van der Waals surface area contributed by atoms with Crippen LogP contribution < -0.4 is 5.32 Å². The van der Waals surface area contributed by atoms with E-state index in [1.54, 1.807) is 4.90 Å². The van der Waals surface area contributed by atoms with Gasteiger partial charge in [-0.2, -0.15) is 0 Å². The SMILES string of the molecule is O=C(O)CC1COCCN1C(=O)C(NC(=O)OCC1c2ccccc2-c2ccccc21)C1CCC1. The summed E-state index contributed by atoms with van der Waals surface area (Å²) in [5, 5.41) is 12.1. The van der Waals surface area contributed by atoms with Gasteiger partial charge in [-0.25, -0.2) is 4.79 Å². The fourth-order valence-corrected chi connectivity index (χ4v) is 5.42. The zero-order valence-corrected chi connectivity index (χ0v) is 19.5. The maximum Gasteiger partial charge on any atom is 0.407 e. The number of benzene rings is 2. The highest BCUT2D eigenvalue weighted by Crippen LogP contribution is 2.44. The molecule has 8 heteroatoms. The van der Waals surface area contributed by atoms with Crippen molar-refractivity contribution >= 4 is 18.0 Å². The highest BCUT2D eigenvalue weighted by molar-refractivity contribution is 5.87. The monoisotopic (exact) mass is 478 g/mol. The summed E-state index contributed by atoms with van der Waals surface area (Å²) in [6.45, 7) is 1.02. The Balaban J connectivity index is 1.27. The van der Waals surface area contributed by atoms with E-state index in [9.17, 15) is 19.5 Å². The van der Waals surface area contributed by atoms with Gasteiger partial charge in [-0.1, -0.05) is 55.0 Å². The quantitative estimate of drug-likeness (QED) is 0.632. The van der Waals surface area contributed by atoms with Crippen molar-refractivity contribution in [2.45, 2.75) is 43.7 Å². The minimum atomic E-state index is -0.983. The number of carbonyl (C=O) groups excluding carboxylic acids is 2. The number of hydrogen-bond acceptors (Lipinski definition) is 5. The number of fused-ring (bicyclic) bond motifs is 3. The van der Waals surface area contributed by atoms with Gasteiger partial charge in [-0.3, -0.25) is 9.59 Å². The number of hydrogen-bond donors (Lipinski definition) is 2. The second kappa shape index (κ2) is 10.1. The second-order valence-electron chi connectivity index (χ2n) is 9.50. The number of amides is 2. The molecule has 2 unspecified atom stereocenters. The van der Waals surface area contributed by atoms with Crippen molar-refractivity contribution in [2.24, 2.45) is 5.92 Å². The van der Waals surface area contributed by atoms with Crippen LogP contribution >= 0.6 is 0 Å².